The zero-order valence-corrected chi connectivity index (χ0v) is 12.5. The van der Waals surface area contributed by atoms with Gasteiger partial charge in [-0.05, 0) is 6.42 Å². The first-order chi connectivity index (χ1) is 10.1. The molecule has 0 aliphatic heterocycles. The topological polar surface area (TPSA) is 70.5 Å². The van der Waals surface area contributed by atoms with Crippen LogP contribution in [0.15, 0.2) is 35.7 Å². The molecular formula is C15H16N2O3S. The number of rotatable bonds is 6. The van der Waals surface area contributed by atoms with Crippen LogP contribution < -0.4 is 0 Å². The third-order valence-electron chi connectivity index (χ3n) is 2.97. The molecule has 0 radical (unpaired) electrons. The van der Waals surface area contributed by atoms with Crippen LogP contribution in [0.2, 0.25) is 0 Å². The van der Waals surface area contributed by atoms with Crippen molar-refractivity contribution in [2.24, 2.45) is 0 Å². The molecule has 0 saturated heterocycles. The summed E-state index contributed by atoms with van der Waals surface area (Å²) in [7, 11) is 1.66. The van der Waals surface area contributed by atoms with E-state index in [1.807, 2.05) is 30.3 Å². The highest BCUT2D eigenvalue weighted by molar-refractivity contribution is 7.13. The Bertz CT molecular complexity index is 625. The van der Waals surface area contributed by atoms with E-state index < -0.39 is 5.97 Å². The van der Waals surface area contributed by atoms with Gasteiger partial charge < -0.3 is 10.0 Å². The van der Waals surface area contributed by atoms with Gasteiger partial charge in [0.05, 0.1) is 0 Å². The summed E-state index contributed by atoms with van der Waals surface area (Å²) in [5.41, 5.74) is 1.38. The van der Waals surface area contributed by atoms with Gasteiger partial charge in [0.25, 0.3) is 5.91 Å². The number of carbonyl (C=O) groups excluding carboxylic acids is 1. The van der Waals surface area contributed by atoms with E-state index in [0.717, 1.165) is 10.6 Å². The van der Waals surface area contributed by atoms with Crippen molar-refractivity contribution < 1.29 is 14.7 Å². The molecule has 0 spiro atoms. The van der Waals surface area contributed by atoms with E-state index in [4.69, 9.17) is 5.11 Å². The summed E-state index contributed by atoms with van der Waals surface area (Å²) in [6.45, 7) is 0.406. The van der Waals surface area contributed by atoms with Gasteiger partial charge >= 0.3 is 5.97 Å². The Kier molecular flexibility index (Phi) is 5.05. The molecule has 0 aliphatic rings. The Morgan fingerprint density at radius 2 is 2.00 bits per heavy atom. The number of hydrogen-bond acceptors (Lipinski definition) is 4. The lowest BCUT2D eigenvalue weighted by Crippen LogP contribution is -2.28. The maximum atomic E-state index is 12.2. The van der Waals surface area contributed by atoms with Gasteiger partial charge in [0.1, 0.15) is 10.7 Å². The molecule has 2 aromatic rings. The van der Waals surface area contributed by atoms with E-state index in [2.05, 4.69) is 4.98 Å². The maximum absolute atomic E-state index is 12.2. The van der Waals surface area contributed by atoms with Crippen LogP contribution >= 0.6 is 11.3 Å². The lowest BCUT2D eigenvalue weighted by atomic mass is 10.2. The van der Waals surface area contributed by atoms with E-state index in [-0.39, 0.29) is 12.3 Å². The van der Waals surface area contributed by atoms with Gasteiger partial charge in [-0.2, -0.15) is 0 Å². The van der Waals surface area contributed by atoms with E-state index in [0.29, 0.717) is 18.7 Å². The highest BCUT2D eigenvalue weighted by atomic mass is 32.1. The van der Waals surface area contributed by atoms with Crippen molar-refractivity contribution in [2.75, 3.05) is 13.6 Å². The number of amides is 1. The minimum absolute atomic E-state index is 0.0595. The largest absolute Gasteiger partial charge is 0.481 e. The molecule has 21 heavy (non-hydrogen) atoms. The molecule has 0 saturated carbocycles. The second-order valence-electron chi connectivity index (χ2n) is 4.63. The molecule has 5 nitrogen and oxygen atoms in total. The number of carboxylic acids is 1. The monoisotopic (exact) mass is 304 g/mol. The summed E-state index contributed by atoms with van der Waals surface area (Å²) in [4.78, 5) is 28.5. The van der Waals surface area contributed by atoms with E-state index in [1.54, 1.807) is 12.4 Å². The zero-order valence-electron chi connectivity index (χ0n) is 11.7. The average Bonchev–Trinajstić information content (AvgIpc) is 2.96. The first kappa shape index (κ1) is 15.2. The van der Waals surface area contributed by atoms with Crippen LogP contribution in [-0.4, -0.2) is 40.5 Å². The van der Waals surface area contributed by atoms with Crippen molar-refractivity contribution in [1.82, 2.24) is 9.88 Å². The molecule has 110 valence electrons. The summed E-state index contributed by atoms with van der Waals surface area (Å²) in [5, 5.41) is 11.1. The number of aliphatic carboxylic acids is 1. The van der Waals surface area contributed by atoms with E-state index in [1.165, 1.54) is 16.2 Å². The number of benzene rings is 1. The van der Waals surface area contributed by atoms with Crippen molar-refractivity contribution in [1.29, 1.82) is 0 Å². The van der Waals surface area contributed by atoms with Crippen LogP contribution in [0, 0.1) is 0 Å². The summed E-state index contributed by atoms with van der Waals surface area (Å²) in [5.74, 6) is -1.03. The molecule has 0 aliphatic carbocycles. The van der Waals surface area contributed by atoms with Crippen molar-refractivity contribution in [3.05, 3.63) is 41.4 Å². The van der Waals surface area contributed by atoms with E-state index in [9.17, 15) is 9.59 Å². The van der Waals surface area contributed by atoms with Crippen molar-refractivity contribution in [3.63, 3.8) is 0 Å². The Morgan fingerprint density at radius 3 is 2.67 bits per heavy atom. The van der Waals surface area contributed by atoms with Gasteiger partial charge in [0.15, 0.2) is 0 Å². The summed E-state index contributed by atoms with van der Waals surface area (Å²) in [6.07, 6.45) is 0.497. The molecule has 0 bridgehead atoms. The third-order valence-corrected chi connectivity index (χ3v) is 3.87. The van der Waals surface area contributed by atoms with Gasteiger partial charge in [0, 0.05) is 31.0 Å². The van der Waals surface area contributed by atoms with Crippen LogP contribution in [0.4, 0.5) is 0 Å². The van der Waals surface area contributed by atoms with Crippen LogP contribution in [0.25, 0.3) is 10.6 Å². The highest BCUT2D eigenvalue weighted by Crippen LogP contribution is 2.23. The minimum atomic E-state index is -0.851. The Morgan fingerprint density at radius 1 is 1.29 bits per heavy atom. The van der Waals surface area contributed by atoms with Crippen molar-refractivity contribution in [2.45, 2.75) is 12.8 Å². The Labute approximate surface area is 126 Å². The molecule has 1 heterocycles. The second kappa shape index (κ2) is 6.99. The Hall–Kier alpha value is -2.21. The highest BCUT2D eigenvalue weighted by Gasteiger charge is 2.16. The van der Waals surface area contributed by atoms with Gasteiger partial charge in [-0.25, -0.2) is 4.98 Å². The molecule has 1 N–H and O–H groups in total. The van der Waals surface area contributed by atoms with Gasteiger partial charge in [-0.1, -0.05) is 30.3 Å². The SMILES string of the molecule is CN(CCCC(=O)O)C(=O)c1csc(-c2ccccc2)n1. The predicted molar refractivity (Wildman–Crippen MR) is 81.4 cm³/mol. The number of carbonyl (C=O) groups is 2. The lowest BCUT2D eigenvalue weighted by molar-refractivity contribution is -0.137. The molecule has 1 aromatic heterocycles. The molecule has 0 atom stereocenters. The zero-order chi connectivity index (χ0) is 15.2. The predicted octanol–water partition coefficient (Wildman–Crippen LogP) is 2.75. The van der Waals surface area contributed by atoms with E-state index >= 15 is 0 Å². The second-order valence-corrected chi connectivity index (χ2v) is 5.49. The van der Waals surface area contributed by atoms with Crippen LogP contribution in [0.5, 0.6) is 0 Å². The van der Waals surface area contributed by atoms with Crippen LogP contribution in [0.1, 0.15) is 23.3 Å². The average molecular weight is 304 g/mol. The molecular weight excluding hydrogens is 288 g/mol. The summed E-state index contributed by atoms with van der Waals surface area (Å²) >= 11 is 1.42. The summed E-state index contributed by atoms with van der Waals surface area (Å²) in [6, 6.07) is 9.68. The standard InChI is InChI=1S/C15H16N2O3S/c1-17(9-5-8-13(18)19)15(20)12-10-21-14(16-12)11-6-3-2-4-7-11/h2-4,6-7,10H,5,8-9H2,1H3,(H,18,19). The molecule has 6 heteroatoms. The number of nitrogens with zero attached hydrogens (tertiary/aromatic N) is 2. The molecule has 2 rings (SSSR count). The first-order valence-corrected chi connectivity index (χ1v) is 7.44. The quantitative estimate of drug-likeness (QED) is 0.891. The minimum Gasteiger partial charge on any atom is -0.481 e. The van der Waals surface area contributed by atoms with Crippen LogP contribution in [-0.2, 0) is 4.79 Å². The Balaban J connectivity index is 2.00. The number of aromatic nitrogens is 1. The van der Waals surface area contributed by atoms with Crippen LogP contribution in [0.3, 0.4) is 0 Å². The lowest BCUT2D eigenvalue weighted by Gasteiger charge is -2.14. The molecule has 0 fully saturated rings. The molecule has 1 aromatic carbocycles. The molecule has 0 unspecified atom stereocenters. The maximum Gasteiger partial charge on any atom is 0.303 e. The fourth-order valence-corrected chi connectivity index (χ4v) is 2.65. The number of hydrogen-bond donors (Lipinski definition) is 1. The number of carboxylic acid groups (broad SMARTS) is 1. The third kappa shape index (κ3) is 4.13. The van der Waals surface area contributed by atoms with Gasteiger partial charge in [-0.15, -0.1) is 11.3 Å². The summed E-state index contributed by atoms with van der Waals surface area (Å²) < 4.78 is 0. The van der Waals surface area contributed by atoms with Crippen molar-refractivity contribution in [3.8, 4) is 10.6 Å². The molecule has 1 amide bonds. The fraction of sp³-hybridized carbons (Fsp3) is 0.267. The van der Waals surface area contributed by atoms with Gasteiger partial charge in [0.2, 0.25) is 0 Å². The fourth-order valence-electron chi connectivity index (χ4n) is 1.85. The first-order valence-electron chi connectivity index (χ1n) is 6.56. The number of thiazole rings is 1. The normalized spacial score (nSPS) is 10.3. The van der Waals surface area contributed by atoms with Crippen molar-refractivity contribution >= 4 is 23.2 Å². The smallest absolute Gasteiger partial charge is 0.303 e. The van der Waals surface area contributed by atoms with Gasteiger partial charge in [-0.3, -0.25) is 9.59 Å².